The van der Waals surface area contributed by atoms with Gasteiger partial charge in [0.05, 0.1) is 22.3 Å². The van der Waals surface area contributed by atoms with Gasteiger partial charge in [-0.1, -0.05) is 12.1 Å². The summed E-state index contributed by atoms with van der Waals surface area (Å²) in [6.07, 6.45) is 1.56. The molecular formula is C25H24FN3O3. The molecule has 0 aliphatic heterocycles. The second kappa shape index (κ2) is 7.53. The van der Waals surface area contributed by atoms with Crippen LogP contribution in [0.3, 0.4) is 0 Å². The number of amides is 1. The minimum atomic E-state index is -1.14. The van der Waals surface area contributed by atoms with E-state index in [-0.39, 0.29) is 16.4 Å². The number of nitrogens with one attached hydrogen (secondary N) is 2. The zero-order chi connectivity index (χ0) is 23.3. The van der Waals surface area contributed by atoms with E-state index in [1.807, 2.05) is 0 Å². The summed E-state index contributed by atoms with van der Waals surface area (Å²) in [5.41, 5.74) is -0.333. The molecule has 4 aromatic rings. The van der Waals surface area contributed by atoms with E-state index in [1.54, 1.807) is 70.3 Å². The SMILES string of the molecule is CC(C)(O)c1cc(C(C)(C)NC(=O)c2cc3[nH]c4ccccc4c(=O)c3cc2F)ccn1. The quantitative estimate of drug-likeness (QED) is 0.422. The third-order valence-electron chi connectivity index (χ3n) is 5.57. The number of H-pyrrole nitrogens is 1. The number of rotatable bonds is 4. The van der Waals surface area contributed by atoms with Crippen molar-refractivity contribution in [3.05, 3.63) is 87.6 Å². The molecule has 0 saturated heterocycles. The van der Waals surface area contributed by atoms with E-state index in [1.165, 1.54) is 6.07 Å². The highest BCUT2D eigenvalue weighted by Crippen LogP contribution is 2.26. The van der Waals surface area contributed by atoms with Crippen molar-refractivity contribution in [3.8, 4) is 0 Å². The fourth-order valence-electron chi connectivity index (χ4n) is 3.70. The van der Waals surface area contributed by atoms with Gasteiger partial charge in [0.25, 0.3) is 5.91 Å². The molecule has 2 heterocycles. The van der Waals surface area contributed by atoms with Crippen LogP contribution < -0.4 is 10.7 Å². The van der Waals surface area contributed by atoms with Crippen molar-refractivity contribution in [2.24, 2.45) is 0 Å². The third kappa shape index (κ3) is 3.87. The first kappa shape index (κ1) is 21.6. The van der Waals surface area contributed by atoms with E-state index in [0.29, 0.717) is 27.7 Å². The number of hydrogen-bond acceptors (Lipinski definition) is 4. The number of aromatic amines is 1. The highest BCUT2D eigenvalue weighted by molar-refractivity contribution is 6.00. The first-order valence-corrected chi connectivity index (χ1v) is 10.2. The lowest BCUT2D eigenvalue weighted by Crippen LogP contribution is -2.41. The van der Waals surface area contributed by atoms with Crippen LogP contribution in [0.5, 0.6) is 0 Å². The Balaban J connectivity index is 1.73. The van der Waals surface area contributed by atoms with Crippen molar-refractivity contribution in [1.82, 2.24) is 15.3 Å². The fraction of sp³-hybridized carbons (Fsp3) is 0.240. The number of hydrogen-bond donors (Lipinski definition) is 3. The molecule has 2 aromatic carbocycles. The van der Waals surface area contributed by atoms with Gasteiger partial charge >= 0.3 is 0 Å². The summed E-state index contributed by atoms with van der Waals surface area (Å²) in [7, 11) is 0. The second-order valence-corrected chi connectivity index (χ2v) is 8.95. The Hall–Kier alpha value is -3.58. The predicted molar refractivity (Wildman–Crippen MR) is 122 cm³/mol. The van der Waals surface area contributed by atoms with Crippen molar-refractivity contribution < 1.29 is 14.3 Å². The van der Waals surface area contributed by atoms with Gasteiger partial charge in [-0.05, 0) is 69.7 Å². The molecule has 0 saturated carbocycles. The maximum absolute atomic E-state index is 14.9. The Bertz CT molecular complexity index is 1420. The van der Waals surface area contributed by atoms with Crippen LogP contribution in [-0.2, 0) is 11.1 Å². The zero-order valence-corrected chi connectivity index (χ0v) is 18.3. The summed E-state index contributed by atoms with van der Waals surface area (Å²) in [6.45, 7) is 6.81. The number of halogens is 1. The topological polar surface area (TPSA) is 95.1 Å². The Kier molecular flexibility index (Phi) is 5.09. The van der Waals surface area contributed by atoms with E-state index in [4.69, 9.17) is 0 Å². The van der Waals surface area contributed by atoms with Crippen LogP contribution in [0.2, 0.25) is 0 Å². The number of carbonyl (C=O) groups excluding carboxylic acids is 1. The van der Waals surface area contributed by atoms with Crippen LogP contribution in [0.15, 0.2) is 59.5 Å². The molecule has 0 bridgehead atoms. The third-order valence-corrected chi connectivity index (χ3v) is 5.57. The Morgan fingerprint density at radius 2 is 1.75 bits per heavy atom. The highest BCUT2D eigenvalue weighted by atomic mass is 19.1. The molecule has 0 aliphatic rings. The van der Waals surface area contributed by atoms with Crippen molar-refractivity contribution in [2.45, 2.75) is 38.8 Å². The summed E-state index contributed by atoms with van der Waals surface area (Å²) in [5, 5.41) is 13.7. The Labute approximate surface area is 184 Å². The standard InChI is InChI=1S/C25H24FN3O3/c1-24(2,14-9-10-27-21(11-14)25(3,4)32)29-23(31)16-13-20-17(12-18(16)26)22(30)15-7-5-6-8-19(15)28-20/h5-13,32H,1-4H3,(H,28,30)(H,29,31). The van der Waals surface area contributed by atoms with Crippen molar-refractivity contribution in [1.29, 1.82) is 0 Å². The van der Waals surface area contributed by atoms with E-state index in [0.717, 1.165) is 6.07 Å². The molecule has 0 unspecified atom stereocenters. The molecule has 4 rings (SSSR count). The lowest BCUT2D eigenvalue weighted by Gasteiger charge is -2.28. The normalized spacial score (nSPS) is 12.3. The number of aliphatic hydroxyl groups is 1. The van der Waals surface area contributed by atoms with Crippen molar-refractivity contribution >= 4 is 27.7 Å². The number of aromatic nitrogens is 2. The van der Waals surface area contributed by atoms with Crippen molar-refractivity contribution in [3.63, 3.8) is 0 Å². The van der Waals surface area contributed by atoms with E-state index in [9.17, 15) is 19.1 Å². The number of fused-ring (bicyclic) bond motifs is 2. The van der Waals surface area contributed by atoms with Gasteiger partial charge in [-0.15, -0.1) is 0 Å². The first-order valence-electron chi connectivity index (χ1n) is 10.2. The number of nitrogens with zero attached hydrogens (tertiary/aromatic N) is 1. The average Bonchev–Trinajstić information content (AvgIpc) is 2.73. The maximum atomic E-state index is 14.9. The summed E-state index contributed by atoms with van der Waals surface area (Å²) in [5.74, 6) is -1.40. The lowest BCUT2D eigenvalue weighted by atomic mass is 9.91. The second-order valence-electron chi connectivity index (χ2n) is 8.95. The van der Waals surface area contributed by atoms with Crippen LogP contribution in [0, 0.1) is 5.82 Å². The summed E-state index contributed by atoms with van der Waals surface area (Å²) in [6, 6.07) is 12.9. The molecule has 32 heavy (non-hydrogen) atoms. The van der Waals surface area contributed by atoms with Gasteiger partial charge < -0.3 is 15.4 Å². The molecule has 0 spiro atoms. The number of carbonyl (C=O) groups is 1. The largest absolute Gasteiger partial charge is 0.384 e. The molecule has 6 nitrogen and oxygen atoms in total. The summed E-state index contributed by atoms with van der Waals surface area (Å²) >= 11 is 0. The van der Waals surface area contributed by atoms with Gasteiger partial charge in [0, 0.05) is 22.5 Å². The fourth-order valence-corrected chi connectivity index (χ4v) is 3.70. The molecule has 2 aromatic heterocycles. The zero-order valence-electron chi connectivity index (χ0n) is 18.3. The molecule has 0 radical (unpaired) electrons. The van der Waals surface area contributed by atoms with Crippen LogP contribution in [0.1, 0.15) is 49.3 Å². The van der Waals surface area contributed by atoms with Crippen LogP contribution in [0.25, 0.3) is 21.8 Å². The molecule has 7 heteroatoms. The molecule has 0 atom stereocenters. The van der Waals surface area contributed by atoms with E-state index >= 15 is 0 Å². The minimum absolute atomic E-state index is 0.173. The van der Waals surface area contributed by atoms with Crippen molar-refractivity contribution in [2.75, 3.05) is 0 Å². The van der Waals surface area contributed by atoms with Gasteiger partial charge in [0.15, 0.2) is 5.43 Å². The molecular weight excluding hydrogens is 409 g/mol. The number of pyridine rings is 2. The lowest BCUT2D eigenvalue weighted by molar-refractivity contribution is 0.0736. The van der Waals surface area contributed by atoms with Crippen LogP contribution >= 0.6 is 0 Å². The monoisotopic (exact) mass is 433 g/mol. The predicted octanol–water partition coefficient (Wildman–Crippen LogP) is 4.11. The summed E-state index contributed by atoms with van der Waals surface area (Å²) in [4.78, 5) is 33.0. The molecule has 1 amide bonds. The number of para-hydroxylation sites is 1. The van der Waals surface area contributed by atoms with Gasteiger partial charge in [0.1, 0.15) is 11.4 Å². The maximum Gasteiger partial charge on any atom is 0.255 e. The molecule has 0 fully saturated rings. The van der Waals surface area contributed by atoms with Gasteiger partial charge in [-0.2, -0.15) is 0 Å². The van der Waals surface area contributed by atoms with Gasteiger partial charge in [-0.3, -0.25) is 14.6 Å². The molecule has 0 aliphatic carbocycles. The smallest absolute Gasteiger partial charge is 0.255 e. The Morgan fingerprint density at radius 1 is 1.03 bits per heavy atom. The van der Waals surface area contributed by atoms with Crippen LogP contribution in [-0.4, -0.2) is 21.0 Å². The van der Waals surface area contributed by atoms with Gasteiger partial charge in [0.2, 0.25) is 0 Å². The minimum Gasteiger partial charge on any atom is -0.384 e. The molecule has 3 N–H and O–H groups in total. The van der Waals surface area contributed by atoms with Crippen LogP contribution in [0.4, 0.5) is 4.39 Å². The summed E-state index contributed by atoms with van der Waals surface area (Å²) < 4.78 is 14.9. The Morgan fingerprint density at radius 3 is 2.47 bits per heavy atom. The molecule has 164 valence electrons. The van der Waals surface area contributed by atoms with Gasteiger partial charge in [-0.25, -0.2) is 4.39 Å². The van der Waals surface area contributed by atoms with E-state index < -0.39 is 22.9 Å². The van der Waals surface area contributed by atoms with E-state index in [2.05, 4.69) is 15.3 Å². The average molecular weight is 433 g/mol. The number of benzene rings is 2. The highest BCUT2D eigenvalue weighted by Gasteiger charge is 2.28. The first-order chi connectivity index (χ1) is 15.0.